The summed E-state index contributed by atoms with van der Waals surface area (Å²) in [7, 11) is 0. The van der Waals surface area contributed by atoms with Gasteiger partial charge in [-0.3, -0.25) is 0 Å². The zero-order valence-electron chi connectivity index (χ0n) is 17.6. The quantitative estimate of drug-likeness (QED) is 0.329. The van der Waals surface area contributed by atoms with Crippen molar-refractivity contribution in [2.45, 2.75) is 45.8 Å². The second kappa shape index (κ2) is 10.4. The van der Waals surface area contributed by atoms with E-state index in [-0.39, 0.29) is 12.4 Å². The van der Waals surface area contributed by atoms with E-state index in [0.717, 1.165) is 35.8 Å². The summed E-state index contributed by atoms with van der Waals surface area (Å²) in [6, 6.07) is 14.7. The van der Waals surface area contributed by atoms with Gasteiger partial charge in [0.1, 0.15) is 24.0 Å². The second-order valence-corrected chi connectivity index (χ2v) is 7.20. The smallest absolute Gasteiger partial charge is 0.408 e. The number of rotatable bonds is 8. The molecule has 0 radical (unpaired) electrons. The first-order chi connectivity index (χ1) is 15.0. The Morgan fingerprint density at radius 2 is 1.87 bits per heavy atom. The van der Waals surface area contributed by atoms with E-state index in [9.17, 15) is 14.4 Å². The van der Waals surface area contributed by atoms with E-state index < -0.39 is 23.7 Å². The maximum atomic E-state index is 12.3. The van der Waals surface area contributed by atoms with Crippen molar-refractivity contribution in [1.82, 2.24) is 5.32 Å². The van der Waals surface area contributed by atoms with Gasteiger partial charge in [-0.1, -0.05) is 43.7 Å². The van der Waals surface area contributed by atoms with Crippen LogP contribution in [-0.4, -0.2) is 18.1 Å². The van der Waals surface area contributed by atoms with Gasteiger partial charge in [0.15, 0.2) is 0 Å². The molecule has 1 heterocycles. The Kier molecular flexibility index (Phi) is 7.43. The number of carbonyl (C=O) groups excluding carboxylic acids is 2. The number of carbonyl (C=O) groups is 2. The Labute approximate surface area is 180 Å². The topological polar surface area (TPSA) is 94.8 Å². The molecule has 3 aromatic rings. The van der Waals surface area contributed by atoms with Crippen molar-refractivity contribution >= 4 is 23.0 Å². The van der Waals surface area contributed by atoms with Gasteiger partial charge in [0.05, 0.1) is 0 Å². The van der Waals surface area contributed by atoms with Crippen molar-refractivity contribution in [3.05, 3.63) is 76.1 Å². The number of aryl methyl sites for hydroxylation is 1. The molecule has 0 spiro atoms. The van der Waals surface area contributed by atoms with Crippen LogP contribution in [0.1, 0.15) is 37.8 Å². The van der Waals surface area contributed by atoms with Crippen LogP contribution in [0.2, 0.25) is 0 Å². The molecule has 1 N–H and O–H groups in total. The lowest BCUT2D eigenvalue weighted by Gasteiger charge is -2.14. The van der Waals surface area contributed by atoms with Gasteiger partial charge in [0.2, 0.25) is 0 Å². The first kappa shape index (κ1) is 22.1. The minimum atomic E-state index is -0.929. The Bertz CT molecular complexity index is 1110. The normalized spacial score (nSPS) is 11.7. The third-order valence-electron chi connectivity index (χ3n) is 4.72. The predicted molar refractivity (Wildman–Crippen MR) is 116 cm³/mol. The fourth-order valence-electron chi connectivity index (χ4n) is 3.05. The molecule has 0 aliphatic carbocycles. The molecule has 3 rings (SSSR count). The van der Waals surface area contributed by atoms with E-state index in [1.54, 1.807) is 12.1 Å². The maximum absolute atomic E-state index is 12.3. The first-order valence-corrected chi connectivity index (χ1v) is 10.2. The summed E-state index contributed by atoms with van der Waals surface area (Å²) in [5, 5.41) is 3.25. The van der Waals surface area contributed by atoms with E-state index in [1.807, 2.05) is 30.3 Å². The van der Waals surface area contributed by atoms with Crippen LogP contribution in [0.25, 0.3) is 11.0 Å². The summed E-state index contributed by atoms with van der Waals surface area (Å²) in [6.45, 7) is 3.67. The number of hydrogen-bond acceptors (Lipinski definition) is 6. The number of amides is 1. The van der Waals surface area contributed by atoms with Gasteiger partial charge in [0.25, 0.3) is 0 Å². The van der Waals surface area contributed by atoms with Gasteiger partial charge in [0, 0.05) is 17.5 Å². The minimum Gasteiger partial charge on any atom is -0.445 e. The fraction of sp³-hybridized carbons (Fsp3) is 0.292. The number of benzene rings is 2. The highest BCUT2D eigenvalue weighted by atomic mass is 16.6. The van der Waals surface area contributed by atoms with E-state index >= 15 is 0 Å². The van der Waals surface area contributed by atoms with Gasteiger partial charge in [-0.05, 0) is 43.0 Å². The van der Waals surface area contributed by atoms with Crippen LogP contribution < -0.4 is 15.7 Å². The van der Waals surface area contributed by atoms with Crippen LogP contribution in [0.5, 0.6) is 5.75 Å². The SMILES string of the molecule is CCCCc1cc(=O)oc2cc(OC(=O)[C@H](C)NC(=O)OCc3ccccc3)ccc12. The third kappa shape index (κ3) is 6.18. The molecule has 162 valence electrons. The number of nitrogens with one attached hydrogen (secondary N) is 1. The zero-order chi connectivity index (χ0) is 22.2. The standard InChI is InChI=1S/C24H25NO6/c1-3-4-10-18-13-22(26)31-21-14-19(11-12-20(18)21)30-23(27)16(2)25-24(28)29-15-17-8-6-5-7-9-17/h5-9,11-14,16H,3-4,10,15H2,1-2H3,(H,25,28)/t16-/m0/s1. The van der Waals surface area contributed by atoms with Crippen molar-refractivity contribution in [3.63, 3.8) is 0 Å². The van der Waals surface area contributed by atoms with E-state index in [2.05, 4.69) is 12.2 Å². The van der Waals surface area contributed by atoms with Crippen molar-refractivity contribution in [2.75, 3.05) is 0 Å². The monoisotopic (exact) mass is 423 g/mol. The van der Waals surface area contributed by atoms with Crippen LogP contribution in [-0.2, 0) is 22.6 Å². The fourth-order valence-corrected chi connectivity index (χ4v) is 3.05. The number of hydrogen-bond donors (Lipinski definition) is 1. The Hall–Kier alpha value is -3.61. The molecule has 1 atom stereocenters. The molecule has 1 amide bonds. The highest BCUT2D eigenvalue weighted by molar-refractivity contribution is 5.85. The van der Waals surface area contributed by atoms with Gasteiger partial charge in [-0.15, -0.1) is 0 Å². The van der Waals surface area contributed by atoms with Gasteiger partial charge in [-0.2, -0.15) is 0 Å². The van der Waals surface area contributed by atoms with Crippen molar-refractivity contribution in [3.8, 4) is 5.75 Å². The molecule has 0 saturated heterocycles. The molecule has 0 bridgehead atoms. The minimum absolute atomic E-state index is 0.0957. The average molecular weight is 423 g/mol. The Morgan fingerprint density at radius 1 is 1.10 bits per heavy atom. The molecule has 2 aromatic carbocycles. The number of alkyl carbamates (subject to hydrolysis) is 1. The number of fused-ring (bicyclic) bond motifs is 1. The third-order valence-corrected chi connectivity index (χ3v) is 4.72. The summed E-state index contributed by atoms with van der Waals surface area (Å²) in [6.07, 6.45) is 2.01. The molecular formula is C24H25NO6. The van der Waals surface area contributed by atoms with Crippen LogP contribution in [0, 0.1) is 0 Å². The van der Waals surface area contributed by atoms with Crippen LogP contribution in [0.3, 0.4) is 0 Å². The summed E-state index contributed by atoms with van der Waals surface area (Å²) < 4.78 is 15.7. The number of ether oxygens (including phenoxy) is 2. The lowest BCUT2D eigenvalue weighted by atomic mass is 10.0. The molecule has 0 saturated carbocycles. The molecule has 0 aliphatic rings. The molecule has 0 unspecified atom stereocenters. The molecule has 0 aliphatic heterocycles. The maximum Gasteiger partial charge on any atom is 0.408 e. The van der Waals surface area contributed by atoms with Gasteiger partial charge < -0.3 is 19.2 Å². The van der Waals surface area contributed by atoms with Crippen LogP contribution in [0.4, 0.5) is 4.79 Å². The van der Waals surface area contributed by atoms with E-state index in [4.69, 9.17) is 13.9 Å². The molecular weight excluding hydrogens is 398 g/mol. The van der Waals surface area contributed by atoms with Crippen LogP contribution in [0.15, 0.2) is 63.8 Å². The molecule has 0 fully saturated rings. The highest BCUT2D eigenvalue weighted by Crippen LogP contribution is 2.24. The first-order valence-electron chi connectivity index (χ1n) is 10.2. The lowest BCUT2D eigenvalue weighted by Crippen LogP contribution is -2.41. The summed E-state index contributed by atoms with van der Waals surface area (Å²) in [5.74, 6) is -0.444. The van der Waals surface area contributed by atoms with Crippen LogP contribution >= 0.6 is 0 Å². The van der Waals surface area contributed by atoms with Crippen molar-refractivity contribution < 1.29 is 23.5 Å². The lowest BCUT2D eigenvalue weighted by molar-refractivity contribution is -0.136. The summed E-state index contributed by atoms with van der Waals surface area (Å²) in [4.78, 5) is 36.1. The summed E-state index contributed by atoms with van der Waals surface area (Å²) >= 11 is 0. The number of esters is 1. The van der Waals surface area contributed by atoms with E-state index in [1.165, 1.54) is 19.1 Å². The predicted octanol–water partition coefficient (Wildman–Crippen LogP) is 4.36. The average Bonchev–Trinajstić information content (AvgIpc) is 2.76. The van der Waals surface area contributed by atoms with Gasteiger partial charge in [-0.25, -0.2) is 14.4 Å². The Balaban J connectivity index is 1.61. The second-order valence-electron chi connectivity index (χ2n) is 7.20. The molecule has 7 heteroatoms. The highest BCUT2D eigenvalue weighted by Gasteiger charge is 2.19. The summed E-state index contributed by atoms with van der Waals surface area (Å²) in [5.41, 5.74) is 1.65. The largest absolute Gasteiger partial charge is 0.445 e. The number of unbranched alkanes of at least 4 members (excludes halogenated alkanes) is 1. The molecule has 31 heavy (non-hydrogen) atoms. The zero-order valence-corrected chi connectivity index (χ0v) is 17.6. The van der Waals surface area contributed by atoms with Gasteiger partial charge >= 0.3 is 17.7 Å². The van der Waals surface area contributed by atoms with Crippen molar-refractivity contribution in [1.29, 1.82) is 0 Å². The molecule has 7 nitrogen and oxygen atoms in total. The van der Waals surface area contributed by atoms with Crippen molar-refractivity contribution in [2.24, 2.45) is 0 Å². The Morgan fingerprint density at radius 3 is 2.61 bits per heavy atom. The van der Waals surface area contributed by atoms with E-state index in [0.29, 0.717) is 5.58 Å². The molecule has 1 aromatic heterocycles.